The van der Waals surface area contributed by atoms with Gasteiger partial charge in [-0.05, 0) is 19.8 Å². The molecule has 1 unspecified atom stereocenters. The van der Waals surface area contributed by atoms with Crippen LogP contribution in [0.3, 0.4) is 0 Å². The molecule has 0 bridgehead atoms. The minimum atomic E-state index is -0.246. The van der Waals surface area contributed by atoms with Crippen molar-refractivity contribution >= 4 is 6.09 Å². The maximum atomic E-state index is 12.3. The van der Waals surface area contributed by atoms with Crippen molar-refractivity contribution in [2.75, 3.05) is 26.3 Å². The summed E-state index contributed by atoms with van der Waals surface area (Å²) >= 11 is 0. The van der Waals surface area contributed by atoms with Crippen LogP contribution in [0.5, 0.6) is 5.88 Å². The third-order valence-electron chi connectivity index (χ3n) is 4.11. The number of rotatable bonds is 3. The van der Waals surface area contributed by atoms with Gasteiger partial charge in [0.2, 0.25) is 5.88 Å². The molecule has 3 rings (SSSR count). The summed E-state index contributed by atoms with van der Waals surface area (Å²) in [5, 5.41) is 0. The standard InChI is InChI=1S/C16H23N3O4/c1-12-17-7-4-15(18-12)22-14-3-2-8-19(11-14)16(20)23-13-5-9-21-10-6-13/h4,7,13-14H,2-3,5-6,8-11H2,1H3. The Hall–Kier alpha value is -1.89. The molecule has 0 aromatic carbocycles. The van der Waals surface area contributed by atoms with E-state index in [0.717, 1.165) is 25.7 Å². The highest BCUT2D eigenvalue weighted by molar-refractivity contribution is 5.68. The van der Waals surface area contributed by atoms with E-state index in [0.29, 0.717) is 38.0 Å². The van der Waals surface area contributed by atoms with Crippen LogP contribution in [0.25, 0.3) is 0 Å². The van der Waals surface area contributed by atoms with Gasteiger partial charge in [0.1, 0.15) is 18.0 Å². The van der Waals surface area contributed by atoms with Crippen molar-refractivity contribution in [2.45, 2.75) is 44.8 Å². The molecule has 1 aromatic rings. The van der Waals surface area contributed by atoms with E-state index < -0.39 is 0 Å². The van der Waals surface area contributed by atoms with Crippen molar-refractivity contribution in [1.82, 2.24) is 14.9 Å². The number of carbonyl (C=O) groups excluding carboxylic acids is 1. The number of aryl methyl sites for hydroxylation is 1. The molecule has 7 nitrogen and oxygen atoms in total. The molecule has 7 heteroatoms. The lowest BCUT2D eigenvalue weighted by molar-refractivity contribution is -0.0174. The van der Waals surface area contributed by atoms with E-state index in [9.17, 15) is 4.79 Å². The van der Waals surface area contributed by atoms with Gasteiger partial charge in [-0.15, -0.1) is 0 Å². The summed E-state index contributed by atoms with van der Waals surface area (Å²) in [5.41, 5.74) is 0. The molecule has 0 aliphatic carbocycles. The van der Waals surface area contributed by atoms with E-state index >= 15 is 0 Å². The Labute approximate surface area is 136 Å². The van der Waals surface area contributed by atoms with E-state index in [1.807, 2.05) is 6.92 Å². The topological polar surface area (TPSA) is 73.8 Å². The Kier molecular flexibility index (Phi) is 5.27. The normalized spacial score (nSPS) is 22.7. The molecule has 2 fully saturated rings. The molecule has 0 saturated carbocycles. The number of amides is 1. The van der Waals surface area contributed by atoms with Crippen LogP contribution in [-0.2, 0) is 9.47 Å². The number of ether oxygens (including phenoxy) is 3. The SMILES string of the molecule is Cc1nccc(OC2CCCN(C(=O)OC3CCOCC3)C2)n1. The predicted octanol–water partition coefficient (Wildman–Crippen LogP) is 1.94. The van der Waals surface area contributed by atoms with Gasteiger partial charge in [0.15, 0.2) is 0 Å². The molecule has 23 heavy (non-hydrogen) atoms. The summed E-state index contributed by atoms with van der Waals surface area (Å²) in [7, 11) is 0. The Morgan fingerprint density at radius 1 is 1.30 bits per heavy atom. The Bertz CT molecular complexity index is 534. The highest BCUT2D eigenvalue weighted by Gasteiger charge is 2.28. The number of carbonyl (C=O) groups is 1. The molecular weight excluding hydrogens is 298 g/mol. The minimum absolute atomic E-state index is 0.0259. The van der Waals surface area contributed by atoms with Crippen LogP contribution < -0.4 is 4.74 Å². The van der Waals surface area contributed by atoms with E-state index in [1.165, 1.54) is 0 Å². The largest absolute Gasteiger partial charge is 0.472 e. The first kappa shape index (κ1) is 16.0. The van der Waals surface area contributed by atoms with Crippen LogP contribution in [0.1, 0.15) is 31.5 Å². The molecule has 126 valence electrons. The highest BCUT2D eigenvalue weighted by Crippen LogP contribution is 2.19. The molecule has 0 spiro atoms. The van der Waals surface area contributed by atoms with Crippen molar-refractivity contribution < 1.29 is 19.0 Å². The van der Waals surface area contributed by atoms with Crippen molar-refractivity contribution in [1.29, 1.82) is 0 Å². The number of likely N-dealkylation sites (tertiary alicyclic amines) is 1. The lowest BCUT2D eigenvalue weighted by Gasteiger charge is -2.33. The Morgan fingerprint density at radius 2 is 2.13 bits per heavy atom. The fraction of sp³-hybridized carbons (Fsp3) is 0.688. The number of aromatic nitrogens is 2. The summed E-state index contributed by atoms with van der Waals surface area (Å²) < 4.78 is 16.7. The summed E-state index contributed by atoms with van der Waals surface area (Å²) in [6, 6.07) is 1.74. The van der Waals surface area contributed by atoms with E-state index in [-0.39, 0.29) is 18.3 Å². The Morgan fingerprint density at radius 3 is 2.91 bits per heavy atom. The second-order valence-corrected chi connectivity index (χ2v) is 5.97. The molecule has 1 amide bonds. The summed E-state index contributed by atoms with van der Waals surface area (Å²) in [5.74, 6) is 1.23. The van der Waals surface area contributed by atoms with Crippen LogP contribution in [0.15, 0.2) is 12.3 Å². The molecule has 2 aliphatic heterocycles. The first-order chi connectivity index (χ1) is 11.2. The first-order valence-electron chi connectivity index (χ1n) is 8.20. The van der Waals surface area contributed by atoms with E-state index in [1.54, 1.807) is 17.2 Å². The maximum Gasteiger partial charge on any atom is 0.410 e. The maximum absolute atomic E-state index is 12.3. The molecule has 2 saturated heterocycles. The van der Waals surface area contributed by atoms with Gasteiger partial charge in [-0.2, -0.15) is 4.98 Å². The van der Waals surface area contributed by atoms with Gasteiger partial charge >= 0.3 is 6.09 Å². The van der Waals surface area contributed by atoms with Gasteiger partial charge in [0, 0.05) is 31.6 Å². The van der Waals surface area contributed by atoms with E-state index in [4.69, 9.17) is 14.2 Å². The fourth-order valence-corrected chi connectivity index (χ4v) is 2.88. The summed E-state index contributed by atoms with van der Waals surface area (Å²) in [6.45, 7) is 4.40. The van der Waals surface area contributed by atoms with Crippen LogP contribution in [0.4, 0.5) is 4.79 Å². The van der Waals surface area contributed by atoms with Crippen LogP contribution in [0, 0.1) is 6.92 Å². The van der Waals surface area contributed by atoms with E-state index in [2.05, 4.69) is 9.97 Å². The quantitative estimate of drug-likeness (QED) is 0.847. The molecule has 2 aliphatic rings. The zero-order chi connectivity index (χ0) is 16.1. The molecule has 0 N–H and O–H groups in total. The van der Waals surface area contributed by atoms with Gasteiger partial charge < -0.3 is 19.1 Å². The third-order valence-corrected chi connectivity index (χ3v) is 4.11. The second kappa shape index (κ2) is 7.59. The lowest BCUT2D eigenvalue weighted by atomic mass is 10.1. The highest BCUT2D eigenvalue weighted by atomic mass is 16.6. The molecular formula is C16H23N3O4. The van der Waals surface area contributed by atoms with Crippen molar-refractivity contribution in [2.24, 2.45) is 0 Å². The second-order valence-electron chi connectivity index (χ2n) is 5.97. The van der Waals surface area contributed by atoms with Gasteiger partial charge in [-0.3, -0.25) is 0 Å². The van der Waals surface area contributed by atoms with Gasteiger partial charge in [0.25, 0.3) is 0 Å². The number of piperidine rings is 1. The first-order valence-corrected chi connectivity index (χ1v) is 8.20. The van der Waals surface area contributed by atoms with Crippen molar-refractivity contribution in [3.63, 3.8) is 0 Å². The molecule has 3 heterocycles. The smallest absolute Gasteiger partial charge is 0.410 e. The fourth-order valence-electron chi connectivity index (χ4n) is 2.88. The number of nitrogens with zero attached hydrogens (tertiary/aromatic N) is 3. The lowest BCUT2D eigenvalue weighted by Crippen LogP contribution is -2.46. The number of hydrogen-bond acceptors (Lipinski definition) is 6. The molecule has 1 atom stereocenters. The van der Waals surface area contributed by atoms with Crippen LogP contribution in [0.2, 0.25) is 0 Å². The van der Waals surface area contributed by atoms with Crippen LogP contribution in [-0.4, -0.2) is 59.5 Å². The number of hydrogen-bond donors (Lipinski definition) is 0. The average Bonchev–Trinajstić information content (AvgIpc) is 2.56. The average molecular weight is 321 g/mol. The van der Waals surface area contributed by atoms with Crippen LogP contribution >= 0.6 is 0 Å². The van der Waals surface area contributed by atoms with Gasteiger partial charge in [-0.25, -0.2) is 9.78 Å². The molecule has 0 radical (unpaired) electrons. The van der Waals surface area contributed by atoms with Crippen molar-refractivity contribution in [3.05, 3.63) is 18.1 Å². The third kappa shape index (κ3) is 4.54. The minimum Gasteiger partial charge on any atom is -0.472 e. The van der Waals surface area contributed by atoms with Gasteiger partial charge in [0.05, 0.1) is 19.8 Å². The van der Waals surface area contributed by atoms with Gasteiger partial charge in [-0.1, -0.05) is 0 Å². The predicted molar refractivity (Wildman–Crippen MR) is 82.3 cm³/mol. The zero-order valence-corrected chi connectivity index (χ0v) is 13.4. The summed E-state index contributed by atoms with van der Waals surface area (Å²) in [6.07, 6.45) is 4.71. The zero-order valence-electron chi connectivity index (χ0n) is 13.4. The molecule has 1 aromatic heterocycles. The summed E-state index contributed by atoms with van der Waals surface area (Å²) in [4.78, 5) is 22.3. The monoisotopic (exact) mass is 321 g/mol. The van der Waals surface area contributed by atoms with Crippen molar-refractivity contribution in [3.8, 4) is 5.88 Å². The Balaban J connectivity index is 1.52.